The zero-order valence-electron chi connectivity index (χ0n) is 4.55. The summed E-state index contributed by atoms with van der Waals surface area (Å²) in [4.78, 5) is 0. The fourth-order valence-corrected chi connectivity index (χ4v) is 3.19. The second-order valence-electron chi connectivity index (χ2n) is 1.59. The quantitative estimate of drug-likeness (QED) is 0.365. The topological polar surface area (TPSA) is 19.9 Å². The van der Waals surface area contributed by atoms with Gasteiger partial charge in [0.05, 0.1) is 0 Å². The summed E-state index contributed by atoms with van der Waals surface area (Å²) in [5, 5.41) is 11.4. The third kappa shape index (κ3) is 3.76. The van der Waals surface area contributed by atoms with Gasteiger partial charge < -0.3 is 0 Å². The zero-order valence-corrected chi connectivity index (χ0v) is 15.7. The largest absolute Gasteiger partial charge is 0.239 e. The van der Waals surface area contributed by atoms with Crippen molar-refractivity contribution < 1.29 is 5.11 Å². The van der Waals surface area contributed by atoms with Gasteiger partial charge in [-0.2, -0.15) is 0 Å². The van der Waals surface area contributed by atoms with Crippen molar-refractivity contribution in [1.82, 2.24) is 0 Å². The molecule has 0 heterocycles. The monoisotopic (exact) mass is 604 g/mol. The standard InChI is InChI=1S/C3Br7O/c4-1(5,2(6,7)8)3(9,10)11. The second-order valence-corrected chi connectivity index (χ2v) is 15.1. The lowest BCUT2D eigenvalue weighted by molar-refractivity contribution is 0.143. The first-order valence-electron chi connectivity index (χ1n) is 2.03. The smallest absolute Gasteiger partial charge is 0.202 e. The van der Waals surface area contributed by atoms with E-state index < -0.39 is 8.80 Å². The average Bonchev–Trinajstić information content (AvgIpc) is 1.58. The Labute approximate surface area is 123 Å². The minimum absolute atomic E-state index is 0.755. The van der Waals surface area contributed by atoms with E-state index in [4.69, 9.17) is 0 Å². The van der Waals surface area contributed by atoms with Gasteiger partial charge in [-0.25, -0.2) is 5.11 Å². The lowest BCUT2D eigenvalue weighted by atomic mass is 10.5. The summed E-state index contributed by atoms with van der Waals surface area (Å²) >= 11 is 21.9. The third-order valence-electron chi connectivity index (χ3n) is 0.722. The number of alkyl halides is 7. The van der Waals surface area contributed by atoms with Crippen LogP contribution in [0.3, 0.4) is 0 Å². The van der Waals surface area contributed by atoms with Crippen LogP contribution < -0.4 is 0 Å². The maximum Gasteiger partial charge on any atom is 0.239 e. The van der Waals surface area contributed by atoms with E-state index in [9.17, 15) is 5.11 Å². The molecule has 11 heavy (non-hydrogen) atoms. The van der Waals surface area contributed by atoms with Crippen LogP contribution in [0.5, 0.6) is 0 Å². The highest BCUT2D eigenvalue weighted by Crippen LogP contribution is 2.61. The normalized spacial score (nSPS) is 15.3. The van der Waals surface area contributed by atoms with Gasteiger partial charge in [-0.15, -0.1) is 0 Å². The maximum absolute atomic E-state index is 11.4. The molecule has 0 aromatic carbocycles. The van der Waals surface area contributed by atoms with Gasteiger partial charge in [0.15, 0.2) is 5.38 Å². The van der Waals surface area contributed by atoms with Crippen LogP contribution in [0.1, 0.15) is 0 Å². The first-order valence-corrected chi connectivity index (χ1v) is 7.58. The molecule has 0 aromatic rings. The lowest BCUT2D eigenvalue weighted by Gasteiger charge is -2.34. The molecular formula is C3Br7O. The highest BCUT2D eigenvalue weighted by Gasteiger charge is 2.57. The molecular weight excluding hydrogens is 611 g/mol. The summed E-state index contributed by atoms with van der Waals surface area (Å²) < 4.78 is -3.28. The molecule has 0 aromatic heterocycles. The summed E-state index contributed by atoms with van der Waals surface area (Å²) in [6, 6.07) is 0. The van der Waals surface area contributed by atoms with Gasteiger partial charge in [0.1, 0.15) is 0 Å². The van der Waals surface area contributed by atoms with Crippen molar-refractivity contribution in [3.05, 3.63) is 0 Å². The maximum atomic E-state index is 11.4. The van der Waals surface area contributed by atoms with Crippen molar-refractivity contribution in [2.45, 2.75) is 8.80 Å². The molecule has 0 rings (SSSR count). The van der Waals surface area contributed by atoms with E-state index >= 15 is 0 Å². The van der Waals surface area contributed by atoms with E-state index in [0.29, 0.717) is 0 Å². The lowest BCUT2D eigenvalue weighted by Crippen LogP contribution is -2.43. The highest BCUT2D eigenvalue weighted by atomic mass is 80.0. The average molecular weight is 611 g/mol. The van der Waals surface area contributed by atoms with Crippen molar-refractivity contribution in [2.24, 2.45) is 0 Å². The Morgan fingerprint density at radius 3 is 1.00 bits per heavy atom. The Hall–Kier alpha value is 3.32. The molecule has 0 N–H and O–H groups in total. The Kier molecular flexibility index (Phi) is 5.79. The highest BCUT2D eigenvalue weighted by molar-refractivity contribution is 9.42. The summed E-state index contributed by atoms with van der Waals surface area (Å²) in [5.74, 6) is 0. The van der Waals surface area contributed by atoms with Crippen LogP contribution in [-0.4, -0.2) is 8.80 Å². The van der Waals surface area contributed by atoms with Gasteiger partial charge in [-0.05, 0) is 31.9 Å². The summed E-state index contributed by atoms with van der Waals surface area (Å²) in [5.41, 5.74) is 0. The summed E-state index contributed by atoms with van der Waals surface area (Å²) in [6.45, 7) is 0. The van der Waals surface area contributed by atoms with E-state index in [1.54, 1.807) is 0 Å². The molecule has 0 aliphatic heterocycles. The molecule has 0 aliphatic rings. The molecule has 0 atom stereocenters. The molecule has 0 unspecified atom stereocenters. The van der Waals surface area contributed by atoms with Gasteiger partial charge >= 0.3 is 0 Å². The Morgan fingerprint density at radius 2 is 1.00 bits per heavy atom. The predicted molar refractivity (Wildman–Crippen MR) is 71.4 cm³/mol. The Balaban J connectivity index is 4.75. The van der Waals surface area contributed by atoms with Crippen LogP contribution in [-0.2, 0) is 5.11 Å². The molecule has 8 heteroatoms. The van der Waals surface area contributed by atoms with E-state index in [1.165, 1.54) is 0 Å². The molecule has 1 nitrogen and oxygen atoms in total. The van der Waals surface area contributed by atoms with Crippen molar-refractivity contribution in [1.29, 1.82) is 0 Å². The van der Waals surface area contributed by atoms with Crippen LogP contribution in [0.25, 0.3) is 0 Å². The van der Waals surface area contributed by atoms with E-state index in [2.05, 4.69) is 112 Å². The van der Waals surface area contributed by atoms with Crippen LogP contribution >= 0.6 is 112 Å². The second kappa shape index (κ2) is 4.45. The number of hydrogen-bond donors (Lipinski definition) is 0. The molecule has 0 bridgehead atoms. The molecule has 0 amide bonds. The third-order valence-corrected chi connectivity index (χ3v) is 11.3. The molecule has 0 saturated heterocycles. The van der Waals surface area contributed by atoms with Crippen molar-refractivity contribution in [2.75, 3.05) is 0 Å². The molecule has 1 radical (unpaired) electrons. The van der Waals surface area contributed by atoms with Crippen LogP contribution in [0.15, 0.2) is 0 Å². The van der Waals surface area contributed by atoms with Crippen LogP contribution in [0.4, 0.5) is 0 Å². The first-order chi connectivity index (χ1) is 4.50. The van der Waals surface area contributed by atoms with Crippen LogP contribution in [0, 0.1) is 0 Å². The van der Waals surface area contributed by atoms with E-state index in [0.717, 1.165) is 0 Å². The summed E-state index contributed by atoms with van der Waals surface area (Å²) in [7, 11) is 0. The fourth-order valence-electron chi connectivity index (χ4n) is 0.165. The molecule has 0 aliphatic carbocycles. The number of hydrogen-bond acceptors (Lipinski definition) is 0. The van der Waals surface area contributed by atoms with Gasteiger partial charge in [0.25, 0.3) is 0 Å². The fraction of sp³-hybridized carbons (Fsp3) is 1.00. The molecule has 0 spiro atoms. The van der Waals surface area contributed by atoms with Gasteiger partial charge in [0, 0.05) is 0 Å². The van der Waals surface area contributed by atoms with Gasteiger partial charge in [-0.3, -0.25) is 0 Å². The minimum Gasteiger partial charge on any atom is -0.202 e. The van der Waals surface area contributed by atoms with Crippen molar-refractivity contribution in [3.8, 4) is 0 Å². The van der Waals surface area contributed by atoms with Gasteiger partial charge in [-0.1, -0.05) is 79.6 Å². The minimum atomic E-state index is -1.55. The van der Waals surface area contributed by atoms with Crippen molar-refractivity contribution >= 4 is 112 Å². The molecule has 0 fully saturated rings. The SMILES string of the molecule is [O]C(Br)(Br)C(Br)(Br)C(Br)(Br)Br. The Morgan fingerprint density at radius 1 is 0.727 bits per heavy atom. The van der Waals surface area contributed by atoms with E-state index in [-0.39, 0.29) is 0 Å². The van der Waals surface area contributed by atoms with Crippen molar-refractivity contribution in [3.63, 3.8) is 0 Å². The van der Waals surface area contributed by atoms with Gasteiger partial charge in [0.2, 0.25) is 3.42 Å². The Bertz CT molecular complexity index is 125. The number of halogens is 7. The molecule has 0 saturated carbocycles. The molecule has 67 valence electrons. The summed E-state index contributed by atoms with van der Waals surface area (Å²) in [6.07, 6.45) is 0. The number of rotatable bonds is 1. The first kappa shape index (κ1) is 14.3. The predicted octanol–water partition coefficient (Wildman–Crippen LogP) is 5.19. The van der Waals surface area contributed by atoms with E-state index in [1.807, 2.05) is 0 Å². The zero-order chi connectivity index (χ0) is 9.50. The van der Waals surface area contributed by atoms with Crippen LogP contribution in [0.2, 0.25) is 0 Å².